The topological polar surface area (TPSA) is 41.1 Å². The Kier molecular flexibility index (Phi) is 6.58. The van der Waals surface area contributed by atoms with Crippen LogP contribution >= 0.6 is 11.6 Å². The number of halogens is 1. The smallest absolute Gasteiger partial charge is 0.251 e. The summed E-state index contributed by atoms with van der Waals surface area (Å²) in [5, 5.41) is 6.53. The largest absolute Gasteiger partial charge is 0.384 e. The van der Waals surface area contributed by atoms with Crippen molar-refractivity contribution < 1.29 is 4.79 Å². The van der Waals surface area contributed by atoms with E-state index in [1.165, 1.54) is 19.3 Å². The Hall–Kier alpha value is -1.22. The van der Waals surface area contributed by atoms with E-state index in [1.807, 2.05) is 0 Å². The first-order valence-corrected chi connectivity index (χ1v) is 6.82. The van der Waals surface area contributed by atoms with Gasteiger partial charge in [-0.15, -0.1) is 0 Å². The minimum Gasteiger partial charge on any atom is -0.384 e. The number of unbranched alkanes of at least 4 members (excludes halogenated alkanes) is 3. The van der Waals surface area contributed by atoms with Gasteiger partial charge in [0.25, 0.3) is 5.91 Å². The van der Waals surface area contributed by atoms with Gasteiger partial charge in [-0.1, -0.05) is 37.8 Å². The molecule has 1 amide bonds. The molecular weight excluding hydrogens is 248 g/mol. The Balaban J connectivity index is 2.56. The number of hydrogen-bond acceptors (Lipinski definition) is 2. The van der Waals surface area contributed by atoms with E-state index in [2.05, 4.69) is 17.6 Å². The van der Waals surface area contributed by atoms with Crippen LogP contribution in [0.15, 0.2) is 18.2 Å². The summed E-state index contributed by atoms with van der Waals surface area (Å²) in [6.45, 7) is 3.08. The molecule has 0 aliphatic heterocycles. The highest BCUT2D eigenvalue weighted by atomic mass is 35.5. The van der Waals surface area contributed by atoms with E-state index in [4.69, 9.17) is 11.6 Å². The molecular formula is C14H21ClN2O. The fraction of sp³-hybridized carbons (Fsp3) is 0.500. The monoisotopic (exact) mass is 268 g/mol. The summed E-state index contributed by atoms with van der Waals surface area (Å²) in [6.07, 6.45) is 4.82. The average molecular weight is 269 g/mol. The van der Waals surface area contributed by atoms with Crippen molar-refractivity contribution in [1.29, 1.82) is 0 Å². The fourth-order valence-electron chi connectivity index (χ4n) is 1.72. The summed E-state index contributed by atoms with van der Waals surface area (Å²) in [6, 6.07) is 5.27. The van der Waals surface area contributed by atoms with Crippen LogP contribution in [-0.2, 0) is 0 Å². The molecule has 2 N–H and O–H groups in total. The molecule has 0 atom stereocenters. The van der Waals surface area contributed by atoms with Crippen LogP contribution in [0.25, 0.3) is 0 Å². The maximum Gasteiger partial charge on any atom is 0.251 e. The Morgan fingerprint density at radius 3 is 2.72 bits per heavy atom. The first-order valence-electron chi connectivity index (χ1n) is 6.44. The van der Waals surface area contributed by atoms with Gasteiger partial charge in [0, 0.05) is 19.2 Å². The third-order valence-electron chi connectivity index (χ3n) is 2.80. The minimum absolute atomic E-state index is 0.0966. The van der Waals surface area contributed by atoms with Crippen molar-refractivity contribution in [3.05, 3.63) is 28.8 Å². The van der Waals surface area contributed by atoms with Crippen LogP contribution in [0.1, 0.15) is 43.0 Å². The fourth-order valence-corrected chi connectivity index (χ4v) is 1.91. The van der Waals surface area contributed by atoms with Crippen LogP contribution in [0.3, 0.4) is 0 Å². The molecule has 0 unspecified atom stereocenters. The van der Waals surface area contributed by atoms with E-state index in [0.717, 1.165) is 18.7 Å². The van der Waals surface area contributed by atoms with Gasteiger partial charge in [0.15, 0.2) is 0 Å². The number of anilines is 1. The van der Waals surface area contributed by atoms with Gasteiger partial charge in [0.05, 0.1) is 10.7 Å². The van der Waals surface area contributed by atoms with Crippen molar-refractivity contribution in [2.24, 2.45) is 0 Å². The van der Waals surface area contributed by atoms with E-state index in [0.29, 0.717) is 10.6 Å². The molecule has 0 aliphatic carbocycles. The van der Waals surface area contributed by atoms with Crippen molar-refractivity contribution in [3.63, 3.8) is 0 Å². The van der Waals surface area contributed by atoms with E-state index in [1.54, 1.807) is 25.2 Å². The summed E-state index contributed by atoms with van der Waals surface area (Å²) in [5.74, 6) is -0.0966. The molecule has 18 heavy (non-hydrogen) atoms. The van der Waals surface area contributed by atoms with E-state index < -0.39 is 0 Å². The summed E-state index contributed by atoms with van der Waals surface area (Å²) in [7, 11) is 1.62. The van der Waals surface area contributed by atoms with Crippen LogP contribution in [0.2, 0.25) is 5.02 Å². The summed E-state index contributed by atoms with van der Waals surface area (Å²) >= 11 is 6.09. The second kappa shape index (κ2) is 7.98. The third kappa shape index (κ3) is 4.57. The Morgan fingerprint density at radius 1 is 1.28 bits per heavy atom. The van der Waals surface area contributed by atoms with Crippen LogP contribution in [-0.4, -0.2) is 19.5 Å². The van der Waals surface area contributed by atoms with Crippen LogP contribution in [0, 0.1) is 0 Å². The molecule has 1 aromatic carbocycles. The summed E-state index contributed by atoms with van der Waals surface area (Å²) in [4.78, 5) is 11.5. The van der Waals surface area contributed by atoms with Gasteiger partial charge >= 0.3 is 0 Å². The minimum atomic E-state index is -0.0966. The molecule has 0 aromatic heterocycles. The van der Waals surface area contributed by atoms with Crippen molar-refractivity contribution in [3.8, 4) is 0 Å². The highest BCUT2D eigenvalue weighted by Crippen LogP contribution is 2.23. The molecule has 0 aliphatic rings. The highest BCUT2D eigenvalue weighted by Gasteiger charge is 2.06. The van der Waals surface area contributed by atoms with Gasteiger partial charge < -0.3 is 10.6 Å². The quantitative estimate of drug-likeness (QED) is 0.741. The molecule has 0 saturated heterocycles. The number of benzene rings is 1. The summed E-state index contributed by atoms with van der Waals surface area (Å²) < 4.78 is 0. The number of carbonyl (C=O) groups is 1. The normalized spacial score (nSPS) is 10.2. The molecule has 3 nitrogen and oxygen atoms in total. The zero-order valence-corrected chi connectivity index (χ0v) is 11.8. The first kappa shape index (κ1) is 14.8. The summed E-state index contributed by atoms with van der Waals surface area (Å²) in [5.41, 5.74) is 1.45. The standard InChI is InChI=1S/C14H21ClN2O/c1-3-4-5-6-9-17-13-10-11(14(18)16-2)7-8-12(13)15/h7-8,10,17H,3-6,9H2,1-2H3,(H,16,18). The Labute approximate surface area is 114 Å². The Morgan fingerprint density at radius 2 is 2.06 bits per heavy atom. The molecule has 1 aromatic rings. The lowest BCUT2D eigenvalue weighted by Crippen LogP contribution is -2.18. The lowest BCUT2D eigenvalue weighted by atomic mass is 10.1. The maximum atomic E-state index is 11.5. The third-order valence-corrected chi connectivity index (χ3v) is 3.13. The number of hydrogen-bond donors (Lipinski definition) is 2. The predicted octanol–water partition coefficient (Wildman–Crippen LogP) is 3.69. The lowest BCUT2D eigenvalue weighted by Gasteiger charge is -2.10. The maximum absolute atomic E-state index is 11.5. The number of nitrogens with one attached hydrogen (secondary N) is 2. The van der Waals surface area contributed by atoms with Crippen LogP contribution in [0.5, 0.6) is 0 Å². The predicted molar refractivity (Wildman–Crippen MR) is 77.5 cm³/mol. The van der Waals surface area contributed by atoms with Crippen LogP contribution < -0.4 is 10.6 Å². The molecule has 0 radical (unpaired) electrons. The highest BCUT2D eigenvalue weighted by molar-refractivity contribution is 6.33. The zero-order valence-electron chi connectivity index (χ0n) is 11.1. The SMILES string of the molecule is CCCCCCNc1cc(C(=O)NC)ccc1Cl. The zero-order chi connectivity index (χ0) is 13.4. The second-order valence-electron chi connectivity index (χ2n) is 4.26. The van der Waals surface area contributed by atoms with Gasteiger partial charge in [0.1, 0.15) is 0 Å². The molecule has 0 bridgehead atoms. The average Bonchev–Trinajstić information content (AvgIpc) is 2.39. The van der Waals surface area contributed by atoms with Gasteiger partial charge in [-0.25, -0.2) is 0 Å². The first-order chi connectivity index (χ1) is 8.69. The Bertz CT molecular complexity index is 393. The molecule has 100 valence electrons. The van der Waals surface area contributed by atoms with Gasteiger partial charge in [0.2, 0.25) is 0 Å². The van der Waals surface area contributed by atoms with Crippen molar-refractivity contribution in [2.75, 3.05) is 18.9 Å². The van der Waals surface area contributed by atoms with Gasteiger partial charge in [-0.3, -0.25) is 4.79 Å². The van der Waals surface area contributed by atoms with E-state index in [-0.39, 0.29) is 5.91 Å². The number of amides is 1. The molecule has 0 fully saturated rings. The molecule has 0 saturated carbocycles. The van der Waals surface area contributed by atoms with Crippen LogP contribution in [0.4, 0.5) is 5.69 Å². The van der Waals surface area contributed by atoms with E-state index >= 15 is 0 Å². The van der Waals surface area contributed by atoms with Gasteiger partial charge in [-0.05, 0) is 24.6 Å². The lowest BCUT2D eigenvalue weighted by molar-refractivity contribution is 0.0963. The molecule has 1 rings (SSSR count). The number of rotatable bonds is 7. The number of carbonyl (C=O) groups excluding carboxylic acids is 1. The molecule has 0 heterocycles. The van der Waals surface area contributed by atoms with Gasteiger partial charge in [-0.2, -0.15) is 0 Å². The van der Waals surface area contributed by atoms with E-state index in [9.17, 15) is 4.79 Å². The second-order valence-corrected chi connectivity index (χ2v) is 4.67. The van der Waals surface area contributed by atoms with Crippen molar-refractivity contribution in [1.82, 2.24) is 5.32 Å². The molecule has 4 heteroatoms. The van der Waals surface area contributed by atoms with Crippen molar-refractivity contribution in [2.45, 2.75) is 32.6 Å². The molecule has 0 spiro atoms. The van der Waals surface area contributed by atoms with Crippen molar-refractivity contribution >= 4 is 23.2 Å².